The van der Waals surface area contributed by atoms with Crippen molar-refractivity contribution >= 4 is 15.9 Å². The van der Waals surface area contributed by atoms with Gasteiger partial charge in [0.15, 0.2) is 0 Å². The number of aryl methyl sites for hydroxylation is 1. The second-order valence-corrected chi connectivity index (χ2v) is 5.40. The monoisotopic (exact) mass is 301 g/mol. The molecule has 0 radical (unpaired) electrons. The highest BCUT2D eigenvalue weighted by molar-refractivity contribution is 9.10. The fraction of sp³-hybridized carbons (Fsp3) is 0.786. The third kappa shape index (κ3) is 4.82. The Balaban J connectivity index is 2.40. The van der Waals surface area contributed by atoms with Crippen molar-refractivity contribution in [1.82, 2.24) is 4.98 Å². The lowest BCUT2D eigenvalue weighted by molar-refractivity contribution is 0.409. The second kappa shape index (κ2) is 7.91. The van der Waals surface area contributed by atoms with Crippen LogP contribution >= 0.6 is 15.9 Å². The van der Waals surface area contributed by atoms with E-state index in [1.54, 1.807) is 0 Å². The molecule has 0 bridgehead atoms. The number of oxazole rings is 1. The molecule has 17 heavy (non-hydrogen) atoms. The minimum atomic E-state index is 0.537. The average molecular weight is 302 g/mol. The highest BCUT2D eigenvalue weighted by Crippen LogP contribution is 2.30. The fourth-order valence-corrected chi connectivity index (χ4v) is 2.71. The molecule has 0 N–H and O–H groups in total. The topological polar surface area (TPSA) is 26.0 Å². The van der Waals surface area contributed by atoms with Gasteiger partial charge in [0.25, 0.3) is 4.80 Å². The summed E-state index contributed by atoms with van der Waals surface area (Å²) in [6, 6.07) is 0. The van der Waals surface area contributed by atoms with E-state index in [-0.39, 0.29) is 0 Å². The normalized spacial score (nSPS) is 12.9. The van der Waals surface area contributed by atoms with E-state index in [1.807, 2.05) is 6.92 Å². The predicted octanol–water partition coefficient (Wildman–Crippen LogP) is 5.60. The Bertz CT molecular complexity index is 322. The number of halogens is 1. The molecule has 0 aliphatic carbocycles. The molecule has 0 spiro atoms. The zero-order valence-corrected chi connectivity index (χ0v) is 12.8. The summed E-state index contributed by atoms with van der Waals surface area (Å²) in [5, 5.41) is 0. The summed E-state index contributed by atoms with van der Waals surface area (Å²) in [5.74, 6) is 1.62. The third-order valence-corrected chi connectivity index (χ3v) is 3.67. The quantitative estimate of drug-likeness (QED) is 0.584. The number of hydrogen-bond donors (Lipinski definition) is 0. The van der Waals surface area contributed by atoms with Gasteiger partial charge in [-0.1, -0.05) is 46.0 Å². The van der Waals surface area contributed by atoms with Gasteiger partial charge >= 0.3 is 0 Å². The van der Waals surface area contributed by atoms with Crippen molar-refractivity contribution in [3.63, 3.8) is 0 Å². The molecule has 0 saturated carbocycles. The Morgan fingerprint density at radius 1 is 1.18 bits per heavy atom. The van der Waals surface area contributed by atoms with Gasteiger partial charge in [0.1, 0.15) is 5.76 Å². The molecule has 98 valence electrons. The SMILES string of the molecule is CCCCCCCC(CC)c1oc(Br)nc1C. The number of nitrogens with zero attached hydrogens (tertiary/aromatic N) is 1. The smallest absolute Gasteiger partial charge is 0.264 e. The largest absolute Gasteiger partial charge is 0.436 e. The van der Waals surface area contributed by atoms with Crippen molar-refractivity contribution in [3.8, 4) is 0 Å². The molecular formula is C14H24BrNO. The van der Waals surface area contributed by atoms with Crippen LogP contribution in [0.15, 0.2) is 9.22 Å². The predicted molar refractivity (Wildman–Crippen MR) is 75.3 cm³/mol. The Labute approximate surface area is 113 Å². The molecule has 1 aromatic rings. The van der Waals surface area contributed by atoms with Crippen LogP contribution in [-0.4, -0.2) is 4.98 Å². The lowest BCUT2D eigenvalue weighted by Gasteiger charge is -2.12. The van der Waals surface area contributed by atoms with E-state index in [1.165, 1.54) is 38.5 Å². The fourth-order valence-electron chi connectivity index (χ4n) is 2.27. The maximum absolute atomic E-state index is 5.65. The Kier molecular flexibility index (Phi) is 6.86. The summed E-state index contributed by atoms with van der Waals surface area (Å²) < 4.78 is 5.65. The van der Waals surface area contributed by atoms with Crippen LogP contribution < -0.4 is 0 Å². The van der Waals surface area contributed by atoms with Gasteiger partial charge in [0.05, 0.1) is 5.69 Å². The first-order valence-corrected chi connectivity index (χ1v) is 7.61. The number of rotatable bonds is 8. The molecule has 2 nitrogen and oxygen atoms in total. The third-order valence-electron chi connectivity index (χ3n) is 3.33. The van der Waals surface area contributed by atoms with Gasteiger partial charge in [-0.25, -0.2) is 4.98 Å². The molecule has 0 saturated heterocycles. The van der Waals surface area contributed by atoms with E-state index in [0.717, 1.165) is 17.9 Å². The summed E-state index contributed by atoms with van der Waals surface area (Å²) in [6.45, 7) is 6.51. The Morgan fingerprint density at radius 3 is 2.41 bits per heavy atom. The molecule has 0 fully saturated rings. The van der Waals surface area contributed by atoms with E-state index in [4.69, 9.17) is 4.42 Å². The number of hydrogen-bond acceptors (Lipinski definition) is 2. The van der Waals surface area contributed by atoms with Crippen LogP contribution in [0.3, 0.4) is 0 Å². The van der Waals surface area contributed by atoms with Crippen molar-refractivity contribution in [3.05, 3.63) is 16.3 Å². The van der Waals surface area contributed by atoms with Crippen LogP contribution in [0.2, 0.25) is 0 Å². The molecule has 1 heterocycles. The van der Waals surface area contributed by atoms with Gasteiger partial charge in [-0.15, -0.1) is 0 Å². The summed E-state index contributed by atoms with van der Waals surface area (Å²) in [6.07, 6.45) is 9.05. The first-order chi connectivity index (χ1) is 8.19. The maximum Gasteiger partial charge on any atom is 0.264 e. The zero-order chi connectivity index (χ0) is 12.7. The summed E-state index contributed by atoms with van der Waals surface area (Å²) in [4.78, 5) is 4.91. The molecule has 0 aromatic carbocycles. The summed E-state index contributed by atoms with van der Waals surface area (Å²) >= 11 is 3.31. The Morgan fingerprint density at radius 2 is 1.88 bits per heavy atom. The average Bonchev–Trinajstić information content (AvgIpc) is 2.63. The van der Waals surface area contributed by atoms with Crippen LogP contribution in [0, 0.1) is 6.92 Å². The van der Waals surface area contributed by atoms with Crippen LogP contribution in [0.25, 0.3) is 0 Å². The minimum absolute atomic E-state index is 0.537. The lowest BCUT2D eigenvalue weighted by Crippen LogP contribution is -1.98. The number of aromatic nitrogens is 1. The van der Waals surface area contributed by atoms with Crippen LogP contribution in [0.4, 0.5) is 0 Å². The Hall–Kier alpha value is -0.310. The van der Waals surface area contributed by atoms with Gasteiger partial charge in [0.2, 0.25) is 0 Å². The highest BCUT2D eigenvalue weighted by atomic mass is 79.9. The highest BCUT2D eigenvalue weighted by Gasteiger charge is 2.17. The second-order valence-electron chi connectivity index (χ2n) is 4.72. The standard InChI is InChI=1S/C14H24BrNO/c1-4-6-7-8-9-10-12(5-2)13-11(3)16-14(15)17-13/h12H,4-10H2,1-3H3. The summed E-state index contributed by atoms with van der Waals surface area (Å²) in [5.41, 5.74) is 1.04. The van der Waals surface area contributed by atoms with Gasteiger partial charge < -0.3 is 4.42 Å². The molecule has 1 rings (SSSR count). The van der Waals surface area contributed by atoms with Crippen molar-refractivity contribution < 1.29 is 4.42 Å². The van der Waals surface area contributed by atoms with Crippen molar-refractivity contribution in [1.29, 1.82) is 0 Å². The molecule has 0 aliphatic rings. The van der Waals surface area contributed by atoms with Gasteiger partial charge in [-0.3, -0.25) is 0 Å². The molecule has 1 unspecified atom stereocenters. The molecular weight excluding hydrogens is 278 g/mol. The zero-order valence-electron chi connectivity index (χ0n) is 11.3. The van der Waals surface area contributed by atoms with Crippen LogP contribution in [0.5, 0.6) is 0 Å². The van der Waals surface area contributed by atoms with Gasteiger partial charge in [0, 0.05) is 21.8 Å². The minimum Gasteiger partial charge on any atom is -0.436 e. The molecule has 3 heteroatoms. The van der Waals surface area contributed by atoms with Gasteiger partial charge in [-0.2, -0.15) is 0 Å². The summed E-state index contributed by atoms with van der Waals surface area (Å²) in [7, 11) is 0. The first-order valence-electron chi connectivity index (χ1n) is 6.81. The maximum atomic E-state index is 5.65. The number of unbranched alkanes of at least 4 members (excludes halogenated alkanes) is 4. The first kappa shape index (κ1) is 14.7. The van der Waals surface area contributed by atoms with Crippen LogP contribution in [-0.2, 0) is 0 Å². The van der Waals surface area contributed by atoms with Crippen molar-refractivity contribution in [2.24, 2.45) is 0 Å². The molecule has 0 aliphatic heterocycles. The molecule has 1 aromatic heterocycles. The van der Waals surface area contributed by atoms with Crippen LogP contribution in [0.1, 0.15) is 76.2 Å². The lowest BCUT2D eigenvalue weighted by atomic mass is 9.94. The van der Waals surface area contributed by atoms with E-state index < -0.39 is 0 Å². The van der Waals surface area contributed by atoms with E-state index in [9.17, 15) is 0 Å². The molecule has 0 amide bonds. The van der Waals surface area contributed by atoms with E-state index >= 15 is 0 Å². The van der Waals surface area contributed by atoms with E-state index in [2.05, 4.69) is 34.8 Å². The molecule has 1 atom stereocenters. The van der Waals surface area contributed by atoms with Gasteiger partial charge in [-0.05, 0) is 19.8 Å². The van der Waals surface area contributed by atoms with E-state index in [0.29, 0.717) is 10.7 Å². The van der Waals surface area contributed by atoms with Crippen molar-refractivity contribution in [2.75, 3.05) is 0 Å². The van der Waals surface area contributed by atoms with Crippen molar-refractivity contribution in [2.45, 2.75) is 71.6 Å².